The van der Waals surface area contributed by atoms with Gasteiger partial charge in [-0.1, -0.05) is 13.0 Å². The van der Waals surface area contributed by atoms with Crippen LogP contribution < -0.4 is 15.0 Å². The Balaban J connectivity index is 1.99. The van der Waals surface area contributed by atoms with Crippen LogP contribution in [0.2, 0.25) is 0 Å². The van der Waals surface area contributed by atoms with Gasteiger partial charge in [-0.25, -0.2) is 0 Å². The maximum Gasteiger partial charge on any atom is 0.254 e. The number of aryl methyl sites for hydroxylation is 2. The van der Waals surface area contributed by atoms with Crippen molar-refractivity contribution >= 4 is 16.8 Å². The fourth-order valence-corrected chi connectivity index (χ4v) is 4.65. The van der Waals surface area contributed by atoms with Gasteiger partial charge < -0.3 is 19.4 Å². The maximum absolute atomic E-state index is 13.2. The number of methoxy groups -OCH3 is 2. The number of nitrogens with zero attached hydrogens (tertiary/aromatic N) is 1. The summed E-state index contributed by atoms with van der Waals surface area (Å²) in [6.45, 7) is 6.44. The Labute approximate surface area is 181 Å². The van der Waals surface area contributed by atoms with E-state index in [1.54, 1.807) is 14.2 Å². The molecule has 162 valence electrons. The second-order valence-corrected chi connectivity index (χ2v) is 8.10. The molecule has 2 heterocycles. The van der Waals surface area contributed by atoms with E-state index in [0.717, 1.165) is 33.2 Å². The number of fused-ring (bicyclic) bond motifs is 2. The number of pyridine rings is 1. The SMILES string of the molecule is CCC(=O)N1CCc2cc(OC)c(OC)cc2[C@@H]1c1cc2c(C)cc(C)cc2[nH]c1=O. The molecule has 0 spiro atoms. The number of aromatic nitrogens is 1. The largest absolute Gasteiger partial charge is 0.493 e. The molecule has 3 aromatic rings. The van der Waals surface area contributed by atoms with Crippen LogP contribution in [0.4, 0.5) is 0 Å². The number of nitrogens with one attached hydrogen (secondary N) is 1. The lowest BCUT2D eigenvalue weighted by molar-refractivity contribution is -0.132. The third-order valence-electron chi connectivity index (χ3n) is 6.13. The molecule has 4 rings (SSSR count). The van der Waals surface area contributed by atoms with Gasteiger partial charge >= 0.3 is 0 Å². The molecule has 0 saturated carbocycles. The standard InChI is InChI=1S/C25H28N2O4/c1-6-23(28)27-8-7-16-11-21(30-4)22(31-5)13-18(16)24(27)19-12-17-15(3)9-14(2)10-20(17)26-25(19)29/h9-13,24H,6-8H2,1-5H3,(H,26,29)/t24-/m1/s1. The number of H-pyrrole nitrogens is 1. The van der Waals surface area contributed by atoms with Crippen molar-refractivity contribution in [1.82, 2.24) is 9.88 Å². The van der Waals surface area contributed by atoms with E-state index in [4.69, 9.17) is 9.47 Å². The van der Waals surface area contributed by atoms with E-state index in [9.17, 15) is 9.59 Å². The number of aromatic amines is 1. The molecule has 6 heteroatoms. The second kappa shape index (κ2) is 8.10. The normalized spacial score (nSPS) is 15.6. The van der Waals surface area contributed by atoms with Gasteiger partial charge in [0.05, 0.1) is 20.3 Å². The van der Waals surface area contributed by atoms with E-state index >= 15 is 0 Å². The Morgan fingerprint density at radius 1 is 1.06 bits per heavy atom. The second-order valence-electron chi connectivity index (χ2n) is 8.10. The van der Waals surface area contributed by atoms with Gasteiger partial charge in [-0.3, -0.25) is 9.59 Å². The van der Waals surface area contributed by atoms with Crippen LogP contribution in [0.25, 0.3) is 10.9 Å². The highest BCUT2D eigenvalue weighted by atomic mass is 16.5. The predicted octanol–water partition coefficient (Wildman–Crippen LogP) is 4.05. The van der Waals surface area contributed by atoms with E-state index in [0.29, 0.717) is 36.4 Å². The monoisotopic (exact) mass is 420 g/mol. The van der Waals surface area contributed by atoms with Crippen LogP contribution in [-0.4, -0.2) is 36.6 Å². The lowest BCUT2D eigenvalue weighted by Crippen LogP contribution is -2.42. The number of benzene rings is 2. The summed E-state index contributed by atoms with van der Waals surface area (Å²) in [4.78, 5) is 31.0. The number of carbonyl (C=O) groups is 1. The number of hydrogen-bond donors (Lipinski definition) is 1. The molecule has 1 atom stereocenters. The average Bonchev–Trinajstić information content (AvgIpc) is 2.76. The van der Waals surface area contributed by atoms with Crippen molar-refractivity contribution in [1.29, 1.82) is 0 Å². The Morgan fingerprint density at radius 3 is 2.45 bits per heavy atom. The Hall–Kier alpha value is -3.28. The molecule has 31 heavy (non-hydrogen) atoms. The van der Waals surface area contributed by atoms with Gasteiger partial charge in [-0.15, -0.1) is 0 Å². The van der Waals surface area contributed by atoms with Crippen LogP contribution in [0.15, 0.2) is 35.1 Å². The quantitative estimate of drug-likeness (QED) is 0.691. The van der Waals surface area contributed by atoms with Crippen LogP contribution in [0.3, 0.4) is 0 Å². The highest BCUT2D eigenvalue weighted by Crippen LogP contribution is 2.41. The van der Waals surface area contributed by atoms with Crippen molar-refractivity contribution in [3.05, 3.63) is 68.5 Å². The molecular weight excluding hydrogens is 392 g/mol. The summed E-state index contributed by atoms with van der Waals surface area (Å²) in [7, 11) is 3.20. The zero-order valence-electron chi connectivity index (χ0n) is 18.7. The molecular formula is C25H28N2O4. The predicted molar refractivity (Wildman–Crippen MR) is 121 cm³/mol. The van der Waals surface area contributed by atoms with Crippen LogP contribution in [-0.2, 0) is 11.2 Å². The molecule has 0 bridgehead atoms. The smallest absolute Gasteiger partial charge is 0.254 e. The number of amides is 1. The van der Waals surface area contributed by atoms with E-state index in [1.165, 1.54) is 0 Å². The molecule has 2 aromatic carbocycles. The molecule has 0 unspecified atom stereocenters. The van der Waals surface area contributed by atoms with Crippen molar-refractivity contribution in [3.63, 3.8) is 0 Å². The highest BCUT2D eigenvalue weighted by molar-refractivity contribution is 5.84. The zero-order valence-corrected chi connectivity index (χ0v) is 18.7. The zero-order chi connectivity index (χ0) is 22.3. The summed E-state index contributed by atoms with van der Waals surface area (Å²) in [5.41, 5.74) is 5.33. The van der Waals surface area contributed by atoms with Gasteiger partial charge in [-0.05, 0) is 66.8 Å². The first kappa shape index (κ1) is 21.0. The molecule has 0 saturated heterocycles. The third kappa shape index (κ3) is 3.56. The van der Waals surface area contributed by atoms with Gasteiger partial charge in [0.2, 0.25) is 5.91 Å². The van der Waals surface area contributed by atoms with Crippen LogP contribution >= 0.6 is 0 Å². The van der Waals surface area contributed by atoms with Gasteiger partial charge in [0.15, 0.2) is 11.5 Å². The summed E-state index contributed by atoms with van der Waals surface area (Å²) in [5.74, 6) is 1.25. The van der Waals surface area contributed by atoms with E-state index in [-0.39, 0.29) is 11.5 Å². The molecule has 1 aliphatic heterocycles. The molecule has 1 amide bonds. The molecule has 0 aliphatic carbocycles. The number of ether oxygens (including phenoxy) is 2. The van der Waals surface area contributed by atoms with Crippen LogP contribution in [0.5, 0.6) is 11.5 Å². The van der Waals surface area contributed by atoms with Gasteiger partial charge in [0.25, 0.3) is 5.56 Å². The molecule has 0 fully saturated rings. The topological polar surface area (TPSA) is 71.6 Å². The van der Waals surface area contributed by atoms with Gasteiger partial charge in [0.1, 0.15) is 0 Å². The van der Waals surface area contributed by atoms with Crippen molar-refractivity contribution in [2.24, 2.45) is 0 Å². The minimum absolute atomic E-state index is 0.0190. The van der Waals surface area contributed by atoms with Crippen LogP contribution in [0.1, 0.15) is 47.2 Å². The first-order valence-corrected chi connectivity index (χ1v) is 10.6. The molecule has 1 N–H and O–H groups in total. The fraction of sp³-hybridized carbons (Fsp3) is 0.360. The lowest BCUT2D eigenvalue weighted by Gasteiger charge is -2.37. The minimum atomic E-state index is -0.482. The van der Waals surface area contributed by atoms with E-state index in [2.05, 4.69) is 11.1 Å². The minimum Gasteiger partial charge on any atom is -0.493 e. The molecule has 1 aliphatic rings. The van der Waals surface area contributed by atoms with Crippen molar-refractivity contribution in [3.8, 4) is 11.5 Å². The summed E-state index contributed by atoms with van der Waals surface area (Å²) >= 11 is 0. The van der Waals surface area contributed by atoms with Crippen molar-refractivity contribution < 1.29 is 14.3 Å². The first-order chi connectivity index (χ1) is 14.9. The average molecular weight is 421 g/mol. The Bertz CT molecular complexity index is 1230. The Kier molecular flexibility index (Phi) is 5.48. The maximum atomic E-state index is 13.2. The Morgan fingerprint density at radius 2 is 1.77 bits per heavy atom. The summed E-state index contributed by atoms with van der Waals surface area (Å²) < 4.78 is 11.0. The first-order valence-electron chi connectivity index (χ1n) is 10.6. The molecule has 0 radical (unpaired) electrons. The van der Waals surface area contributed by atoms with E-state index in [1.807, 2.05) is 49.9 Å². The number of rotatable bonds is 4. The highest BCUT2D eigenvalue weighted by Gasteiger charge is 2.34. The molecule has 6 nitrogen and oxygen atoms in total. The lowest BCUT2D eigenvalue weighted by atomic mass is 9.87. The fourth-order valence-electron chi connectivity index (χ4n) is 4.65. The summed E-state index contributed by atoms with van der Waals surface area (Å²) in [5, 5.41) is 0.983. The summed E-state index contributed by atoms with van der Waals surface area (Å²) in [6.07, 6.45) is 1.07. The number of carbonyl (C=O) groups excluding carboxylic acids is 1. The van der Waals surface area contributed by atoms with Crippen LogP contribution in [0, 0.1) is 13.8 Å². The third-order valence-corrected chi connectivity index (χ3v) is 6.13. The molecule has 1 aromatic heterocycles. The number of hydrogen-bond acceptors (Lipinski definition) is 4. The van der Waals surface area contributed by atoms with Crippen molar-refractivity contribution in [2.45, 2.75) is 39.7 Å². The van der Waals surface area contributed by atoms with Gasteiger partial charge in [0, 0.05) is 29.4 Å². The van der Waals surface area contributed by atoms with Gasteiger partial charge in [-0.2, -0.15) is 0 Å². The van der Waals surface area contributed by atoms with Crippen molar-refractivity contribution in [2.75, 3.05) is 20.8 Å². The van der Waals surface area contributed by atoms with E-state index < -0.39 is 6.04 Å². The summed E-state index contributed by atoms with van der Waals surface area (Å²) in [6, 6.07) is 9.39.